The Morgan fingerprint density at radius 1 is 1.20 bits per heavy atom. The molecule has 138 valence electrons. The van der Waals surface area contributed by atoms with Crippen molar-refractivity contribution >= 4 is 17.5 Å². The number of aromatic nitrogens is 1. The lowest BCUT2D eigenvalue weighted by atomic mass is 10.1. The molecule has 2 amide bonds. The van der Waals surface area contributed by atoms with E-state index in [1.807, 2.05) is 12.1 Å². The molecule has 2 saturated heterocycles. The van der Waals surface area contributed by atoms with Gasteiger partial charge in [0.05, 0.1) is 24.1 Å². The zero-order chi connectivity index (χ0) is 17.8. The molecule has 3 heterocycles. The van der Waals surface area contributed by atoms with Crippen molar-refractivity contribution < 1.29 is 9.53 Å². The zero-order valence-electron chi connectivity index (χ0n) is 15.4. The van der Waals surface area contributed by atoms with Crippen molar-refractivity contribution in [1.82, 2.24) is 15.2 Å². The second kappa shape index (κ2) is 8.01. The molecule has 7 heteroatoms. The standard InChI is InChI=1S/C18H29N5O2/c1-13-11-23(12-14(2)25-13)17-5-4-16(10-19-17)21-18(24)20-15-6-8-22(3)9-7-15/h4-5,10,13-15H,6-9,11-12H2,1-3H3,(H2,20,21,24). The number of nitrogens with zero attached hydrogens (tertiary/aromatic N) is 3. The van der Waals surface area contributed by atoms with E-state index in [1.54, 1.807) is 6.20 Å². The lowest BCUT2D eigenvalue weighted by molar-refractivity contribution is -0.00545. The molecule has 1 aromatic heterocycles. The van der Waals surface area contributed by atoms with Crippen LogP contribution in [0.3, 0.4) is 0 Å². The van der Waals surface area contributed by atoms with E-state index < -0.39 is 0 Å². The Bertz CT molecular complexity index is 561. The molecule has 7 nitrogen and oxygen atoms in total. The molecule has 0 bridgehead atoms. The van der Waals surface area contributed by atoms with E-state index in [0.717, 1.165) is 44.8 Å². The number of hydrogen-bond donors (Lipinski definition) is 2. The summed E-state index contributed by atoms with van der Waals surface area (Å²) in [6.07, 6.45) is 4.10. The van der Waals surface area contributed by atoms with Gasteiger partial charge in [-0.1, -0.05) is 0 Å². The Kier molecular flexibility index (Phi) is 5.75. The molecular formula is C18H29N5O2. The van der Waals surface area contributed by atoms with E-state index in [2.05, 4.69) is 46.3 Å². The maximum Gasteiger partial charge on any atom is 0.319 e. The quantitative estimate of drug-likeness (QED) is 0.874. The van der Waals surface area contributed by atoms with Gasteiger partial charge in [0.2, 0.25) is 0 Å². The molecule has 2 aliphatic heterocycles. The first-order valence-corrected chi connectivity index (χ1v) is 9.12. The third-order valence-corrected chi connectivity index (χ3v) is 4.80. The van der Waals surface area contributed by atoms with Crippen LogP contribution in [0.25, 0.3) is 0 Å². The number of anilines is 2. The fourth-order valence-electron chi connectivity index (χ4n) is 3.52. The third kappa shape index (κ3) is 5.06. The van der Waals surface area contributed by atoms with E-state index in [0.29, 0.717) is 5.69 Å². The summed E-state index contributed by atoms with van der Waals surface area (Å²) in [4.78, 5) is 21.2. The molecule has 25 heavy (non-hydrogen) atoms. The van der Waals surface area contributed by atoms with E-state index in [4.69, 9.17) is 4.74 Å². The van der Waals surface area contributed by atoms with Gasteiger partial charge in [-0.3, -0.25) is 0 Å². The molecule has 2 atom stereocenters. The fourth-order valence-corrected chi connectivity index (χ4v) is 3.52. The van der Waals surface area contributed by atoms with Crippen LogP contribution in [0.4, 0.5) is 16.3 Å². The number of ether oxygens (including phenoxy) is 1. The molecule has 2 fully saturated rings. The highest BCUT2D eigenvalue weighted by Crippen LogP contribution is 2.19. The van der Waals surface area contributed by atoms with Crippen LogP contribution >= 0.6 is 0 Å². The number of carbonyl (C=O) groups excluding carboxylic acids is 1. The van der Waals surface area contributed by atoms with Crippen LogP contribution in [0.15, 0.2) is 18.3 Å². The van der Waals surface area contributed by atoms with E-state index >= 15 is 0 Å². The Morgan fingerprint density at radius 2 is 1.88 bits per heavy atom. The normalized spacial score (nSPS) is 25.6. The van der Waals surface area contributed by atoms with Crippen LogP contribution in [0.5, 0.6) is 0 Å². The fraction of sp³-hybridized carbons (Fsp3) is 0.667. The smallest absolute Gasteiger partial charge is 0.319 e. The van der Waals surface area contributed by atoms with Gasteiger partial charge in [0.1, 0.15) is 5.82 Å². The summed E-state index contributed by atoms with van der Waals surface area (Å²) in [6, 6.07) is 3.95. The molecule has 3 rings (SSSR count). The summed E-state index contributed by atoms with van der Waals surface area (Å²) in [5, 5.41) is 5.92. The van der Waals surface area contributed by atoms with Gasteiger partial charge in [0.25, 0.3) is 0 Å². The number of urea groups is 1. The zero-order valence-corrected chi connectivity index (χ0v) is 15.4. The van der Waals surface area contributed by atoms with Gasteiger partial charge in [-0.2, -0.15) is 0 Å². The molecule has 1 aromatic rings. The van der Waals surface area contributed by atoms with Crippen molar-refractivity contribution in [3.8, 4) is 0 Å². The van der Waals surface area contributed by atoms with Gasteiger partial charge in [-0.15, -0.1) is 0 Å². The minimum absolute atomic E-state index is 0.155. The number of likely N-dealkylation sites (tertiary alicyclic amines) is 1. The third-order valence-electron chi connectivity index (χ3n) is 4.80. The average molecular weight is 347 g/mol. The summed E-state index contributed by atoms with van der Waals surface area (Å²) >= 11 is 0. The predicted octanol–water partition coefficient (Wildman–Crippen LogP) is 1.91. The molecule has 0 aromatic carbocycles. The molecule has 0 aliphatic carbocycles. The van der Waals surface area contributed by atoms with Crippen LogP contribution in [0, 0.1) is 0 Å². The highest BCUT2D eigenvalue weighted by atomic mass is 16.5. The summed E-state index contributed by atoms with van der Waals surface area (Å²) in [6.45, 7) is 7.87. The largest absolute Gasteiger partial charge is 0.372 e. The molecule has 2 aliphatic rings. The van der Waals surface area contributed by atoms with Crippen LogP contribution < -0.4 is 15.5 Å². The number of amides is 2. The van der Waals surface area contributed by atoms with Crippen LogP contribution in [-0.2, 0) is 4.74 Å². The monoisotopic (exact) mass is 347 g/mol. The Balaban J connectivity index is 1.51. The predicted molar refractivity (Wildman–Crippen MR) is 99.1 cm³/mol. The number of morpholine rings is 1. The SMILES string of the molecule is CC1CN(c2ccc(NC(=O)NC3CCN(C)CC3)cn2)CC(C)O1. The van der Waals surface area contributed by atoms with Crippen molar-refractivity contribution in [3.63, 3.8) is 0 Å². The molecule has 2 N–H and O–H groups in total. The van der Waals surface area contributed by atoms with Gasteiger partial charge in [0, 0.05) is 19.1 Å². The Labute approximate surface area is 149 Å². The van der Waals surface area contributed by atoms with Crippen molar-refractivity contribution in [2.45, 2.75) is 44.9 Å². The average Bonchev–Trinajstić information content (AvgIpc) is 2.57. The molecular weight excluding hydrogens is 318 g/mol. The second-order valence-corrected chi connectivity index (χ2v) is 7.24. The highest BCUT2D eigenvalue weighted by molar-refractivity contribution is 5.89. The first-order valence-electron chi connectivity index (χ1n) is 9.12. The Hall–Kier alpha value is -1.86. The first kappa shape index (κ1) is 17.9. The molecule has 0 spiro atoms. The first-order chi connectivity index (χ1) is 12.0. The summed E-state index contributed by atoms with van der Waals surface area (Å²) in [5.74, 6) is 0.920. The van der Waals surface area contributed by atoms with Gasteiger partial charge in [-0.05, 0) is 59.0 Å². The van der Waals surface area contributed by atoms with Gasteiger partial charge in [-0.25, -0.2) is 9.78 Å². The van der Waals surface area contributed by atoms with Crippen molar-refractivity contribution in [3.05, 3.63) is 18.3 Å². The van der Waals surface area contributed by atoms with Crippen LogP contribution in [-0.4, -0.2) is 67.4 Å². The lowest BCUT2D eigenvalue weighted by Crippen LogP contribution is -2.46. The number of rotatable bonds is 3. The molecule has 0 radical (unpaired) electrons. The minimum atomic E-state index is -0.155. The number of piperidine rings is 1. The molecule has 2 unspecified atom stereocenters. The van der Waals surface area contributed by atoms with E-state index in [9.17, 15) is 4.79 Å². The van der Waals surface area contributed by atoms with Crippen molar-refractivity contribution in [2.75, 3.05) is 43.4 Å². The van der Waals surface area contributed by atoms with Gasteiger partial charge >= 0.3 is 6.03 Å². The van der Waals surface area contributed by atoms with Crippen molar-refractivity contribution in [1.29, 1.82) is 0 Å². The number of pyridine rings is 1. The topological polar surface area (TPSA) is 69.7 Å². The van der Waals surface area contributed by atoms with Crippen LogP contribution in [0.1, 0.15) is 26.7 Å². The number of hydrogen-bond acceptors (Lipinski definition) is 5. The van der Waals surface area contributed by atoms with Gasteiger partial charge in [0.15, 0.2) is 0 Å². The summed E-state index contributed by atoms with van der Waals surface area (Å²) in [5.41, 5.74) is 0.712. The maximum atomic E-state index is 12.1. The second-order valence-electron chi connectivity index (χ2n) is 7.24. The highest BCUT2D eigenvalue weighted by Gasteiger charge is 2.23. The number of carbonyl (C=O) groups is 1. The van der Waals surface area contributed by atoms with Gasteiger partial charge < -0.3 is 25.2 Å². The van der Waals surface area contributed by atoms with E-state index in [-0.39, 0.29) is 24.3 Å². The summed E-state index contributed by atoms with van der Waals surface area (Å²) in [7, 11) is 2.11. The number of nitrogens with one attached hydrogen (secondary N) is 2. The molecule has 0 saturated carbocycles. The van der Waals surface area contributed by atoms with Crippen molar-refractivity contribution in [2.24, 2.45) is 0 Å². The summed E-state index contributed by atoms with van der Waals surface area (Å²) < 4.78 is 5.76. The minimum Gasteiger partial charge on any atom is -0.372 e. The lowest BCUT2D eigenvalue weighted by Gasteiger charge is -2.36. The van der Waals surface area contributed by atoms with Crippen LogP contribution in [0.2, 0.25) is 0 Å². The Morgan fingerprint density at radius 3 is 2.48 bits per heavy atom. The maximum absolute atomic E-state index is 12.1. The van der Waals surface area contributed by atoms with E-state index in [1.165, 1.54) is 0 Å².